The van der Waals surface area contributed by atoms with Crippen LogP contribution in [0.15, 0.2) is 48.5 Å². The quantitative estimate of drug-likeness (QED) is 0.917. The second kappa shape index (κ2) is 6.79. The summed E-state index contributed by atoms with van der Waals surface area (Å²) in [5, 5.41) is 3.33. The van der Waals surface area contributed by atoms with E-state index < -0.39 is 0 Å². The van der Waals surface area contributed by atoms with Crippen molar-refractivity contribution in [3.8, 4) is 5.75 Å². The topological polar surface area (TPSA) is 41.6 Å². The molecule has 0 aromatic heterocycles. The van der Waals surface area contributed by atoms with Gasteiger partial charge >= 0.3 is 0 Å². The van der Waals surface area contributed by atoms with E-state index in [0.717, 1.165) is 17.0 Å². The van der Waals surface area contributed by atoms with Crippen molar-refractivity contribution in [3.63, 3.8) is 0 Å². The van der Waals surface area contributed by atoms with Crippen molar-refractivity contribution in [2.24, 2.45) is 0 Å². The van der Waals surface area contributed by atoms with Crippen LogP contribution in [-0.4, -0.2) is 32.0 Å². The number of carbonyl (C=O) groups is 1. The Morgan fingerprint density at radius 2 is 1.86 bits per heavy atom. The largest absolute Gasteiger partial charge is 0.497 e. The SMILES string of the molecule is COc1cccc(CNc2ccc(C(=O)N(C)C)cc2)c1. The summed E-state index contributed by atoms with van der Waals surface area (Å²) in [6.07, 6.45) is 0. The number of anilines is 1. The number of hydrogen-bond donors (Lipinski definition) is 1. The van der Waals surface area contributed by atoms with E-state index in [0.29, 0.717) is 12.1 Å². The number of ether oxygens (including phenoxy) is 1. The number of amides is 1. The average molecular weight is 284 g/mol. The summed E-state index contributed by atoms with van der Waals surface area (Å²) in [5.74, 6) is 0.857. The van der Waals surface area contributed by atoms with Crippen LogP contribution in [0.1, 0.15) is 15.9 Å². The Kier molecular flexibility index (Phi) is 4.82. The van der Waals surface area contributed by atoms with Crippen LogP contribution in [0.3, 0.4) is 0 Å². The molecule has 2 aromatic carbocycles. The highest BCUT2D eigenvalue weighted by Crippen LogP contribution is 2.15. The lowest BCUT2D eigenvalue weighted by molar-refractivity contribution is 0.0827. The molecule has 0 radical (unpaired) electrons. The summed E-state index contributed by atoms with van der Waals surface area (Å²) in [4.78, 5) is 13.4. The Labute approximate surface area is 125 Å². The van der Waals surface area contributed by atoms with Crippen molar-refractivity contribution < 1.29 is 9.53 Å². The molecule has 0 unspecified atom stereocenters. The summed E-state index contributed by atoms with van der Waals surface area (Å²) >= 11 is 0. The molecule has 0 aliphatic carbocycles. The molecule has 0 saturated carbocycles. The van der Waals surface area contributed by atoms with Gasteiger partial charge in [-0.3, -0.25) is 4.79 Å². The van der Waals surface area contributed by atoms with E-state index in [4.69, 9.17) is 4.74 Å². The van der Waals surface area contributed by atoms with E-state index in [2.05, 4.69) is 5.32 Å². The highest BCUT2D eigenvalue weighted by molar-refractivity contribution is 5.94. The van der Waals surface area contributed by atoms with Crippen LogP contribution in [0, 0.1) is 0 Å². The summed E-state index contributed by atoms with van der Waals surface area (Å²) in [6.45, 7) is 0.707. The number of nitrogens with zero attached hydrogens (tertiary/aromatic N) is 1. The maximum absolute atomic E-state index is 11.8. The summed E-state index contributed by atoms with van der Waals surface area (Å²) in [5.41, 5.74) is 2.81. The lowest BCUT2D eigenvalue weighted by atomic mass is 10.1. The fourth-order valence-corrected chi connectivity index (χ4v) is 1.98. The molecular weight excluding hydrogens is 264 g/mol. The van der Waals surface area contributed by atoms with Gasteiger partial charge < -0.3 is 15.0 Å². The van der Waals surface area contributed by atoms with Gasteiger partial charge in [0.2, 0.25) is 0 Å². The van der Waals surface area contributed by atoms with E-state index in [-0.39, 0.29) is 5.91 Å². The third-order valence-electron chi connectivity index (χ3n) is 3.17. The highest BCUT2D eigenvalue weighted by atomic mass is 16.5. The van der Waals surface area contributed by atoms with Gasteiger partial charge in [0.05, 0.1) is 7.11 Å². The van der Waals surface area contributed by atoms with E-state index in [9.17, 15) is 4.79 Å². The van der Waals surface area contributed by atoms with E-state index in [1.165, 1.54) is 0 Å². The van der Waals surface area contributed by atoms with E-state index in [1.54, 1.807) is 26.1 Å². The van der Waals surface area contributed by atoms with E-state index >= 15 is 0 Å². The standard InChI is InChI=1S/C17H20N2O2/c1-19(2)17(20)14-7-9-15(10-8-14)18-12-13-5-4-6-16(11-13)21-3/h4-11,18H,12H2,1-3H3. The van der Waals surface area contributed by atoms with Crippen molar-refractivity contribution >= 4 is 11.6 Å². The molecule has 0 heterocycles. The zero-order valence-electron chi connectivity index (χ0n) is 12.6. The van der Waals surface area contributed by atoms with Crippen LogP contribution in [0.4, 0.5) is 5.69 Å². The zero-order valence-corrected chi connectivity index (χ0v) is 12.6. The van der Waals surface area contributed by atoms with Crippen molar-refractivity contribution in [2.75, 3.05) is 26.5 Å². The first-order valence-corrected chi connectivity index (χ1v) is 6.78. The molecule has 0 fully saturated rings. The Morgan fingerprint density at radius 3 is 2.48 bits per heavy atom. The molecule has 21 heavy (non-hydrogen) atoms. The molecule has 1 amide bonds. The minimum atomic E-state index is 0.00865. The Morgan fingerprint density at radius 1 is 1.14 bits per heavy atom. The van der Waals surface area contributed by atoms with Gasteiger partial charge in [-0.05, 0) is 42.0 Å². The molecule has 0 bridgehead atoms. The first-order valence-electron chi connectivity index (χ1n) is 6.78. The predicted molar refractivity (Wildman–Crippen MR) is 84.8 cm³/mol. The molecule has 0 aliphatic rings. The molecule has 2 rings (SSSR count). The Bertz CT molecular complexity index is 606. The van der Waals surface area contributed by atoms with Crippen LogP contribution in [0.5, 0.6) is 5.75 Å². The maximum Gasteiger partial charge on any atom is 0.253 e. The van der Waals surface area contributed by atoms with Gasteiger partial charge in [-0.2, -0.15) is 0 Å². The molecule has 1 N–H and O–H groups in total. The number of hydrogen-bond acceptors (Lipinski definition) is 3. The molecule has 0 atom stereocenters. The average Bonchev–Trinajstić information content (AvgIpc) is 2.53. The molecule has 4 nitrogen and oxygen atoms in total. The molecule has 4 heteroatoms. The Hall–Kier alpha value is -2.49. The van der Waals surface area contributed by atoms with Gasteiger partial charge in [-0.15, -0.1) is 0 Å². The smallest absolute Gasteiger partial charge is 0.253 e. The fraction of sp³-hybridized carbons (Fsp3) is 0.235. The van der Waals surface area contributed by atoms with Crippen LogP contribution in [-0.2, 0) is 6.54 Å². The van der Waals surface area contributed by atoms with Gasteiger partial charge in [0, 0.05) is 31.9 Å². The number of rotatable bonds is 5. The number of benzene rings is 2. The van der Waals surface area contributed by atoms with Crippen molar-refractivity contribution in [2.45, 2.75) is 6.54 Å². The zero-order chi connectivity index (χ0) is 15.2. The summed E-state index contributed by atoms with van der Waals surface area (Å²) in [6, 6.07) is 15.4. The first kappa shape index (κ1) is 14.9. The van der Waals surface area contributed by atoms with Gasteiger partial charge in [-0.25, -0.2) is 0 Å². The predicted octanol–water partition coefficient (Wildman–Crippen LogP) is 3.01. The minimum Gasteiger partial charge on any atom is -0.497 e. The van der Waals surface area contributed by atoms with Gasteiger partial charge in [-0.1, -0.05) is 12.1 Å². The van der Waals surface area contributed by atoms with Crippen molar-refractivity contribution in [3.05, 3.63) is 59.7 Å². The van der Waals surface area contributed by atoms with Gasteiger partial charge in [0.15, 0.2) is 0 Å². The third kappa shape index (κ3) is 3.99. The van der Waals surface area contributed by atoms with Crippen molar-refractivity contribution in [1.29, 1.82) is 0 Å². The van der Waals surface area contributed by atoms with Gasteiger partial charge in [0.25, 0.3) is 5.91 Å². The monoisotopic (exact) mass is 284 g/mol. The third-order valence-corrected chi connectivity index (χ3v) is 3.17. The second-order valence-electron chi connectivity index (χ2n) is 4.98. The molecule has 0 saturated heterocycles. The first-order chi connectivity index (χ1) is 10.1. The van der Waals surface area contributed by atoms with Crippen LogP contribution in [0.25, 0.3) is 0 Å². The number of carbonyl (C=O) groups excluding carboxylic acids is 1. The normalized spacial score (nSPS) is 10.0. The maximum atomic E-state index is 11.8. The van der Waals surface area contributed by atoms with E-state index in [1.807, 2.05) is 48.5 Å². The number of nitrogens with one attached hydrogen (secondary N) is 1. The van der Waals surface area contributed by atoms with Crippen LogP contribution < -0.4 is 10.1 Å². The van der Waals surface area contributed by atoms with Crippen LogP contribution in [0.2, 0.25) is 0 Å². The fourth-order valence-electron chi connectivity index (χ4n) is 1.98. The number of methoxy groups -OCH3 is 1. The van der Waals surface area contributed by atoms with Crippen LogP contribution >= 0.6 is 0 Å². The molecular formula is C17H20N2O2. The molecule has 0 spiro atoms. The minimum absolute atomic E-state index is 0.00865. The van der Waals surface area contributed by atoms with Gasteiger partial charge in [0.1, 0.15) is 5.75 Å². The highest BCUT2D eigenvalue weighted by Gasteiger charge is 2.06. The van der Waals surface area contributed by atoms with Crippen molar-refractivity contribution in [1.82, 2.24) is 4.90 Å². The Balaban J connectivity index is 1.99. The summed E-state index contributed by atoms with van der Waals surface area (Å²) in [7, 11) is 5.15. The lowest BCUT2D eigenvalue weighted by Crippen LogP contribution is -2.21. The molecule has 0 aliphatic heterocycles. The lowest BCUT2D eigenvalue weighted by Gasteiger charge is -2.11. The second-order valence-corrected chi connectivity index (χ2v) is 4.98. The summed E-state index contributed by atoms with van der Waals surface area (Å²) < 4.78 is 5.20. The molecule has 2 aromatic rings. The molecule has 110 valence electrons.